The molecule has 2 fully saturated rings. The first kappa shape index (κ1) is 46.6. The third-order valence-corrected chi connectivity index (χ3v) is 12.2. The van der Waals surface area contributed by atoms with Crippen LogP contribution >= 0.6 is 0 Å². The number of esters is 1. The van der Waals surface area contributed by atoms with Crippen molar-refractivity contribution < 1.29 is 38.2 Å². The number of nitrogens with zero attached hydrogens (tertiary/aromatic N) is 6. The van der Waals surface area contributed by atoms with Crippen LogP contribution in [-0.2, 0) is 64.2 Å². The van der Waals surface area contributed by atoms with Crippen molar-refractivity contribution in [2.24, 2.45) is 11.3 Å². The maximum absolute atomic E-state index is 14.5. The lowest BCUT2D eigenvalue weighted by Gasteiger charge is -2.36. The predicted octanol–water partition coefficient (Wildman–Crippen LogP) is 3.76. The second-order valence-electron chi connectivity index (χ2n) is 17.8. The zero-order chi connectivity index (χ0) is 45.7. The third kappa shape index (κ3) is 10.2. The van der Waals surface area contributed by atoms with Crippen molar-refractivity contribution >= 4 is 46.4 Å². The van der Waals surface area contributed by atoms with E-state index in [1.54, 1.807) is 39.1 Å². The van der Waals surface area contributed by atoms with Crippen LogP contribution in [0.15, 0.2) is 60.5 Å². The molecule has 0 aliphatic carbocycles. The van der Waals surface area contributed by atoms with Crippen LogP contribution in [0.5, 0.6) is 0 Å². The van der Waals surface area contributed by atoms with E-state index < -0.39 is 41.2 Å². The zero-order valence-electron chi connectivity index (χ0n) is 37.9. The van der Waals surface area contributed by atoms with Crippen molar-refractivity contribution in [3.05, 3.63) is 77.3 Å². The van der Waals surface area contributed by atoms with Crippen LogP contribution in [0.3, 0.4) is 0 Å². The molecule has 6 rings (SSSR count). The molecule has 4 bridgehead atoms. The number of cyclic esters (lactones) is 1. The summed E-state index contributed by atoms with van der Waals surface area (Å²) in [5, 5.41) is 5.13. The number of likely N-dealkylation sites (N-methyl/N-ethyl adjacent to an activating group) is 2. The highest BCUT2D eigenvalue weighted by molar-refractivity contribution is 6.01. The number of pyridine rings is 1. The van der Waals surface area contributed by atoms with E-state index in [1.165, 1.54) is 27.9 Å². The van der Waals surface area contributed by atoms with Gasteiger partial charge >= 0.3 is 5.97 Å². The third-order valence-electron chi connectivity index (χ3n) is 12.2. The quantitative estimate of drug-likeness (QED) is 0.238. The Labute approximate surface area is 369 Å². The largest absolute Gasteiger partial charge is 0.464 e. The van der Waals surface area contributed by atoms with Crippen LogP contribution in [0.4, 0.5) is 0 Å². The number of amides is 5. The molecular formula is C47H62N8O8. The van der Waals surface area contributed by atoms with Crippen molar-refractivity contribution in [3.63, 3.8) is 0 Å². The standard InChI is InChI=1S/C47H62N8O8/c1-10-39(56)53-21-18-31(25-53)44(59)52(8)41(29(3)4)43(58)49-36-26-51(7)40(57)23-30-16-17-38-33(22-30)34(42(54(38)11-2)32-14-12-19-48-37(32)27-62-9)24-47(5,6)28-63-46(61)35-15-13-20-55(50-35)45(36)60/h10,12,14,16-17,19,22,31,35-36,50H,1,11,13,15,18,20-21,23-28H2,2-9H3,(H,49,58)/t31-,35-,36-/m0/s1. The van der Waals surface area contributed by atoms with Gasteiger partial charge in [-0.25, -0.2) is 5.43 Å². The smallest absolute Gasteiger partial charge is 0.324 e. The van der Waals surface area contributed by atoms with E-state index in [2.05, 4.69) is 47.6 Å². The van der Waals surface area contributed by atoms with Crippen LogP contribution in [-0.4, -0.2) is 131 Å². The fraction of sp³-hybridized carbons (Fsp3) is 0.511. The highest BCUT2D eigenvalue weighted by atomic mass is 16.5. The lowest BCUT2D eigenvalue weighted by Crippen LogP contribution is -2.62. The number of hydrogen-bond acceptors (Lipinski definition) is 10. The molecule has 2 N–H and O–H groups in total. The van der Waals surface area contributed by atoms with Gasteiger partial charge in [0.05, 0.1) is 36.9 Å². The molecule has 16 nitrogen and oxygen atoms in total. The number of ether oxygens (including phenoxy) is 2. The Morgan fingerprint density at radius 2 is 1.87 bits per heavy atom. The van der Waals surface area contributed by atoms with Gasteiger partial charge in [-0.3, -0.25) is 38.8 Å². The van der Waals surface area contributed by atoms with E-state index in [0.29, 0.717) is 51.0 Å². The minimum Gasteiger partial charge on any atom is -0.464 e. The van der Waals surface area contributed by atoms with Crippen molar-refractivity contribution in [1.82, 2.24) is 40.0 Å². The molecule has 3 aliphatic heterocycles. The van der Waals surface area contributed by atoms with Gasteiger partial charge in [-0.2, -0.15) is 0 Å². The summed E-state index contributed by atoms with van der Waals surface area (Å²) in [7, 11) is 4.73. The molecule has 3 aromatic rings. The van der Waals surface area contributed by atoms with Crippen LogP contribution in [0, 0.1) is 11.3 Å². The van der Waals surface area contributed by atoms with Crippen molar-refractivity contribution in [2.75, 3.05) is 54.0 Å². The number of carbonyl (C=O) groups excluding carboxylic acids is 6. The molecule has 338 valence electrons. The lowest BCUT2D eigenvalue weighted by atomic mass is 9.84. The van der Waals surface area contributed by atoms with Crippen LogP contribution in [0.25, 0.3) is 22.2 Å². The second kappa shape index (κ2) is 19.7. The maximum atomic E-state index is 14.5. The number of aromatic nitrogens is 2. The number of carbonyl (C=O) groups is 6. The summed E-state index contributed by atoms with van der Waals surface area (Å²) in [6, 6.07) is 7.84. The number of fused-ring (bicyclic) bond motifs is 3. The van der Waals surface area contributed by atoms with Gasteiger partial charge in [0.25, 0.3) is 11.8 Å². The van der Waals surface area contributed by atoms with E-state index in [9.17, 15) is 28.8 Å². The molecule has 5 amide bonds. The average molecular weight is 867 g/mol. The molecule has 63 heavy (non-hydrogen) atoms. The van der Waals surface area contributed by atoms with E-state index in [0.717, 1.165) is 39.0 Å². The van der Waals surface area contributed by atoms with E-state index in [-0.39, 0.29) is 56.1 Å². The number of aryl methyl sites for hydroxylation is 1. The molecule has 2 saturated heterocycles. The van der Waals surface area contributed by atoms with E-state index in [1.807, 2.05) is 30.3 Å². The number of hydrazine groups is 1. The number of benzene rings is 1. The highest BCUT2D eigenvalue weighted by Gasteiger charge is 2.38. The molecular weight excluding hydrogens is 805 g/mol. The fourth-order valence-electron chi connectivity index (χ4n) is 8.99. The van der Waals surface area contributed by atoms with Gasteiger partial charge in [0.2, 0.25) is 17.7 Å². The molecule has 1 aromatic carbocycles. The van der Waals surface area contributed by atoms with Crippen LogP contribution in [0.2, 0.25) is 0 Å². The Balaban J connectivity index is 1.36. The zero-order valence-corrected chi connectivity index (χ0v) is 37.9. The van der Waals surface area contributed by atoms with Crippen LogP contribution < -0.4 is 10.7 Å². The van der Waals surface area contributed by atoms with Gasteiger partial charge in [0, 0.05) is 82.0 Å². The number of methoxy groups -OCH3 is 1. The summed E-state index contributed by atoms with van der Waals surface area (Å²) in [6.07, 6.45) is 4.84. The average Bonchev–Trinajstić information content (AvgIpc) is 3.87. The summed E-state index contributed by atoms with van der Waals surface area (Å²) >= 11 is 0. The Hall–Kier alpha value is -5.87. The van der Waals surface area contributed by atoms with Gasteiger partial charge in [0.1, 0.15) is 17.8 Å². The molecule has 3 aliphatic rings. The normalized spacial score (nSPS) is 20.9. The molecule has 2 aromatic heterocycles. The molecule has 0 radical (unpaired) electrons. The molecule has 3 atom stereocenters. The minimum absolute atomic E-state index is 0.0173. The fourth-order valence-corrected chi connectivity index (χ4v) is 8.99. The summed E-state index contributed by atoms with van der Waals surface area (Å²) in [5.74, 6) is -3.17. The van der Waals surface area contributed by atoms with Gasteiger partial charge in [-0.1, -0.05) is 26.5 Å². The molecule has 0 unspecified atom stereocenters. The first-order valence-corrected chi connectivity index (χ1v) is 21.7. The van der Waals surface area contributed by atoms with Crippen molar-refractivity contribution in [3.8, 4) is 11.3 Å². The van der Waals surface area contributed by atoms with E-state index >= 15 is 0 Å². The Morgan fingerprint density at radius 3 is 2.57 bits per heavy atom. The second-order valence-corrected chi connectivity index (χ2v) is 17.8. The highest BCUT2D eigenvalue weighted by Crippen LogP contribution is 2.40. The molecule has 0 saturated carbocycles. The summed E-state index contributed by atoms with van der Waals surface area (Å²) < 4.78 is 13.9. The summed E-state index contributed by atoms with van der Waals surface area (Å²) in [6.45, 7) is 14.8. The predicted molar refractivity (Wildman–Crippen MR) is 237 cm³/mol. The van der Waals surface area contributed by atoms with Crippen molar-refractivity contribution in [1.29, 1.82) is 0 Å². The first-order valence-electron chi connectivity index (χ1n) is 21.7. The summed E-state index contributed by atoms with van der Waals surface area (Å²) in [4.78, 5) is 91.7. The van der Waals surface area contributed by atoms with Gasteiger partial charge in [0.15, 0.2) is 0 Å². The van der Waals surface area contributed by atoms with Crippen molar-refractivity contribution in [2.45, 2.75) is 92.0 Å². The Kier molecular flexibility index (Phi) is 14.6. The molecule has 5 heterocycles. The summed E-state index contributed by atoms with van der Waals surface area (Å²) in [5.41, 5.74) is 8.56. The number of rotatable bonds is 9. The first-order chi connectivity index (χ1) is 30.0. The topological polar surface area (TPSA) is 176 Å². The number of nitrogens with one attached hydrogen (secondary N) is 2. The van der Waals surface area contributed by atoms with Crippen LogP contribution in [0.1, 0.15) is 70.7 Å². The molecule has 0 spiro atoms. The monoisotopic (exact) mass is 866 g/mol. The molecule has 16 heteroatoms. The Bertz CT molecular complexity index is 2310. The number of allylic oxidation sites excluding steroid dienone is 1. The van der Waals surface area contributed by atoms with Gasteiger partial charge < -0.3 is 34.1 Å². The van der Waals surface area contributed by atoms with Gasteiger partial charge in [-0.15, -0.1) is 0 Å². The van der Waals surface area contributed by atoms with E-state index in [4.69, 9.17) is 9.47 Å². The Morgan fingerprint density at radius 1 is 1.11 bits per heavy atom. The number of likely N-dealkylation sites (tertiary alicyclic amines) is 1. The SMILES string of the molecule is C=CC(=O)N1CC[C@H](C(=O)N(C)C(C(=O)N[C@H]2CN(C)C(=O)Cc3ccc4c(c3)c(c(-c3cccnc3COC)n4CC)CC(C)(C)COC(=O)[C@@H]3CCCN(N3)C2=O)=C(C)C)C1. The lowest BCUT2D eigenvalue weighted by molar-refractivity contribution is -0.155. The number of hydrogen-bond donors (Lipinski definition) is 2. The van der Waals surface area contributed by atoms with Gasteiger partial charge in [-0.05, 0) is 93.5 Å². The maximum Gasteiger partial charge on any atom is 0.324 e. The minimum atomic E-state index is -1.27.